The van der Waals surface area contributed by atoms with Gasteiger partial charge in [0.2, 0.25) is 0 Å². The summed E-state index contributed by atoms with van der Waals surface area (Å²) in [6, 6.07) is 48.1. The number of anilines is 3. The molecular weight excluding hydrogens is 537 g/mol. The van der Waals surface area contributed by atoms with Crippen LogP contribution in [0.4, 0.5) is 17.1 Å². The van der Waals surface area contributed by atoms with Gasteiger partial charge in [0.15, 0.2) is 0 Å². The fourth-order valence-corrected chi connectivity index (χ4v) is 6.55. The summed E-state index contributed by atoms with van der Waals surface area (Å²) in [5, 5.41) is 7.52. The third-order valence-corrected chi connectivity index (χ3v) is 9.57. The fourth-order valence-electron chi connectivity index (χ4n) is 6.55. The molecule has 8 rings (SSSR count). The summed E-state index contributed by atoms with van der Waals surface area (Å²) in [6.07, 6.45) is 0. The van der Waals surface area contributed by atoms with Gasteiger partial charge in [-0.05, 0) is 125 Å². The van der Waals surface area contributed by atoms with Crippen LogP contribution in [0.5, 0.6) is 0 Å². The van der Waals surface area contributed by atoms with E-state index in [0.29, 0.717) is 0 Å². The van der Waals surface area contributed by atoms with E-state index in [0.717, 1.165) is 22.5 Å². The Hall–Kier alpha value is -4.64. The SMILES string of the molecule is CC1(C)OB(c2cc3ccc4cc(-c5ccc(N(c6ccccc6)c6ccccc6)cc5)cc5ccc(c2)c3c45)OC1(C)C. The van der Waals surface area contributed by atoms with Crippen molar-refractivity contribution in [1.82, 2.24) is 0 Å². The first-order valence-electron chi connectivity index (χ1n) is 15.4. The number of hydrogen-bond donors (Lipinski definition) is 0. The van der Waals surface area contributed by atoms with Crippen LogP contribution in [-0.2, 0) is 9.31 Å². The summed E-state index contributed by atoms with van der Waals surface area (Å²) >= 11 is 0. The van der Waals surface area contributed by atoms with Gasteiger partial charge < -0.3 is 14.2 Å². The van der Waals surface area contributed by atoms with Gasteiger partial charge in [0.1, 0.15) is 0 Å². The first-order chi connectivity index (χ1) is 21.3. The van der Waals surface area contributed by atoms with Crippen LogP contribution in [0.25, 0.3) is 43.4 Å². The smallest absolute Gasteiger partial charge is 0.399 e. The monoisotopic (exact) mass is 571 g/mol. The summed E-state index contributed by atoms with van der Waals surface area (Å²) in [5.74, 6) is 0. The second-order valence-electron chi connectivity index (χ2n) is 12.9. The molecule has 44 heavy (non-hydrogen) atoms. The molecule has 0 unspecified atom stereocenters. The molecule has 4 heteroatoms. The van der Waals surface area contributed by atoms with E-state index in [9.17, 15) is 0 Å². The number of nitrogens with zero attached hydrogens (tertiary/aromatic N) is 1. The average molecular weight is 572 g/mol. The zero-order valence-electron chi connectivity index (χ0n) is 25.5. The van der Waals surface area contributed by atoms with E-state index in [4.69, 9.17) is 9.31 Å². The standard InChI is InChI=1S/C40H34BNO2/c1-39(2)40(3,4)44-41(43-39)33-25-30-17-15-28-23-32(24-29-16-18-31(26-33)38(30)37(28)29)27-19-21-36(22-20-27)42(34-11-7-5-8-12-34)35-13-9-6-10-14-35/h5-26H,1-4H3. The van der Waals surface area contributed by atoms with Crippen molar-refractivity contribution in [3.63, 3.8) is 0 Å². The maximum Gasteiger partial charge on any atom is 0.494 e. The Morgan fingerprint density at radius 3 is 1.32 bits per heavy atom. The number of para-hydroxylation sites is 2. The van der Waals surface area contributed by atoms with Gasteiger partial charge >= 0.3 is 7.12 Å². The van der Waals surface area contributed by atoms with Crippen molar-refractivity contribution in [3.8, 4) is 11.1 Å². The molecule has 0 aliphatic carbocycles. The molecule has 0 bridgehead atoms. The predicted molar refractivity (Wildman–Crippen MR) is 186 cm³/mol. The first kappa shape index (κ1) is 27.0. The Balaban J connectivity index is 1.17. The lowest BCUT2D eigenvalue weighted by atomic mass is 9.76. The molecule has 0 atom stereocenters. The van der Waals surface area contributed by atoms with Crippen molar-refractivity contribution in [2.75, 3.05) is 4.90 Å². The zero-order valence-corrected chi connectivity index (χ0v) is 25.5. The molecule has 0 amide bonds. The van der Waals surface area contributed by atoms with Gasteiger partial charge in [-0.1, -0.05) is 84.9 Å². The van der Waals surface area contributed by atoms with E-state index in [-0.39, 0.29) is 18.3 Å². The van der Waals surface area contributed by atoms with E-state index >= 15 is 0 Å². The van der Waals surface area contributed by atoms with Gasteiger partial charge in [-0.15, -0.1) is 0 Å². The van der Waals surface area contributed by atoms with Crippen LogP contribution in [0, 0.1) is 0 Å². The third kappa shape index (κ3) is 4.37. The maximum atomic E-state index is 6.39. The van der Waals surface area contributed by atoms with Crippen molar-refractivity contribution in [1.29, 1.82) is 0 Å². The van der Waals surface area contributed by atoms with Crippen LogP contribution in [0.2, 0.25) is 0 Å². The van der Waals surface area contributed by atoms with Crippen LogP contribution in [0.1, 0.15) is 27.7 Å². The van der Waals surface area contributed by atoms with Gasteiger partial charge in [0.25, 0.3) is 0 Å². The number of hydrogen-bond acceptors (Lipinski definition) is 3. The topological polar surface area (TPSA) is 21.7 Å². The number of rotatable bonds is 5. The van der Waals surface area contributed by atoms with Gasteiger partial charge in [-0.3, -0.25) is 0 Å². The second-order valence-corrected chi connectivity index (χ2v) is 12.9. The number of benzene rings is 7. The Labute approximate surface area is 259 Å². The highest BCUT2D eigenvalue weighted by atomic mass is 16.7. The quantitative estimate of drug-likeness (QED) is 0.152. The normalized spacial score (nSPS) is 15.9. The lowest BCUT2D eigenvalue weighted by Crippen LogP contribution is -2.41. The Morgan fingerprint density at radius 1 is 0.455 bits per heavy atom. The van der Waals surface area contributed by atoms with Crippen LogP contribution in [0.15, 0.2) is 133 Å². The largest absolute Gasteiger partial charge is 0.494 e. The molecule has 1 saturated heterocycles. The van der Waals surface area contributed by atoms with Crippen molar-refractivity contribution in [2.24, 2.45) is 0 Å². The molecule has 0 N–H and O–H groups in total. The van der Waals surface area contributed by atoms with Crippen LogP contribution in [-0.4, -0.2) is 18.3 Å². The Kier molecular flexibility index (Phi) is 6.10. The summed E-state index contributed by atoms with van der Waals surface area (Å²) < 4.78 is 12.8. The molecule has 0 aromatic heterocycles. The highest BCUT2D eigenvalue weighted by Crippen LogP contribution is 2.40. The molecule has 7 aromatic rings. The third-order valence-electron chi connectivity index (χ3n) is 9.57. The van der Waals surface area contributed by atoms with E-state index in [1.807, 2.05) is 0 Å². The molecule has 0 saturated carbocycles. The predicted octanol–water partition coefficient (Wildman–Crippen LogP) is 10.0. The molecule has 1 aliphatic heterocycles. The molecule has 7 aromatic carbocycles. The average Bonchev–Trinajstić information content (AvgIpc) is 3.27. The van der Waals surface area contributed by atoms with Crippen LogP contribution >= 0.6 is 0 Å². The summed E-state index contributed by atoms with van der Waals surface area (Å²) in [6.45, 7) is 8.41. The minimum atomic E-state index is -0.379. The van der Waals surface area contributed by atoms with Gasteiger partial charge in [-0.25, -0.2) is 0 Å². The molecular formula is C40H34BNO2. The highest BCUT2D eigenvalue weighted by Gasteiger charge is 2.51. The molecule has 0 spiro atoms. The molecule has 1 fully saturated rings. The van der Waals surface area contributed by atoms with Gasteiger partial charge in [-0.2, -0.15) is 0 Å². The molecule has 3 nitrogen and oxygen atoms in total. The Bertz CT molecular complexity index is 2000. The fraction of sp³-hybridized carbons (Fsp3) is 0.150. The minimum Gasteiger partial charge on any atom is -0.399 e. The van der Waals surface area contributed by atoms with Crippen LogP contribution in [0.3, 0.4) is 0 Å². The van der Waals surface area contributed by atoms with Crippen molar-refractivity contribution in [3.05, 3.63) is 133 Å². The highest BCUT2D eigenvalue weighted by molar-refractivity contribution is 6.62. The lowest BCUT2D eigenvalue weighted by molar-refractivity contribution is 0.00578. The van der Waals surface area contributed by atoms with Crippen molar-refractivity contribution < 1.29 is 9.31 Å². The molecule has 1 heterocycles. The summed E-state index contributed by atoms with van der Waals surface area (Å²) in [7, 11) is -0.379. The van der Waals surface area contributed by atoms with E-state index in [1.54, 1.807) is 0 Å². The van der Waals surface area contributed by atoms with Crippen molar-refractivity contribution in [2.45, 2.75) is 38.9 Å². The first-order valence-corrected chi connectivity index (χ1v) is 15.4. The summed E-state index contributed by atoms with van der Waals surface area (Å²) in [4.78, 5) is 2.29. The molecule has 0 radical (unpaired) electrons. The van der Waals surface area contributed by atoms with E-state index < -0.39 is 0 Å². The zero-order chi connectivity index (χ0) is 30.1. The van der Waals surface area contributed by atoms with Crippen LogP contribution < -0.4 is 10.4 Å². The van der Waals surface area contributed by atoms with Gasteiger partial charge in [0.05, 0.1) is 11.2 Å². The summed E-state index contributed by atoms with van der Waals surface area (Å²) in [5.41, 5.74) is 6.14. The maximum absolute atomic E-state index is 6.39. The lowest BCUT2D eigenvalue weighted by Gasteiger charge is -2.32. The Morgan fingerprint density at radius 2 is 0.864 bits per heavy atom. The van der Waals surface area contributed by atoms with Crippen molar-refractivity contribution >= 4 is 62.0 Å². The second kappa shape index (κ2) is 9.95. The van der Waals surface area contributed by atoms with E-state index in [2.05, 4.69) is 166 Å². The van der Waals surface area contributed by atoms with E-state index in [1.165, 1.54) is 43.4 Å². The minimum absolute atomic E-state index is 0.369. The molecule has 1 aliphatic rings. The van der Waals surface area contributed by atoms with Gasteiger partial charge in [0, 0.05) is 17.1 Å². The molecule has 214 valence electrons.